The second-order valence-electron chi connectivity index (χ2n) is 6.25. The lowest BCUT2D eigenvalue weighted by Gasteiger charge is -2.19. The Morgan fingerprint density at radius 2 is 2.12 bits per heavy atom. The summed E-state index contributed by atoms with van der Waals surface area (Å²) in [4.78, 5) is 12.4. The van der Waals surface area contributed by atoms with Crippen LogP contribution in [0.1, 0.15) is 74.1 Å². The maximum atomic E-state index is 12.4. The lowest BCUT2D eigenvalue weighted by atomic mass is 10.0. The molecule has 130 valence electrons. The minimum Gasteiger partial charge on any atom is -0.361 e. The van der Waals surface area contributed by atoms with Crippen molar-refractivity contribution < 1.29 is 9.32 Å². The molecule has 3 rings (SSSR count). The van der Waals surface area contributed by atoms with Gasteiger partial charge in [-0.15, -0.1) is 5.10 Å². The highest BCUT2D eigenvalue weighted by molar-refractivity contribution is 5.74. The van der Waals surface area contributed by atoms with Gasteiger partial charge in [-0.1, -0.05) is 12.1 Å². The van der Waals surface area contributed by atoms with E-state index in [0.717, 1.165) is 36.3 Å². The summed E-state index contributed by atoms with van der Waals surface area (Å²) in [5.41, 5.74) is 1.73. The quantitative estimate of drug-likeness (QED) is 0.837. The van der Waals surface area contributed by atoms with E-state index in [1.54, 1.807) is 4.68 Å². The van der Waals surface area contributed by atoms with Crippen molar-refractivity contribution in [1.29, 1.82) is 0 Å². The van der Waals surface area contributed by atoms with Gasteiger partial charge in [0.05, 0.1) is 23.8 Å². The van der Waals surface area contributed by atoms with E-state index in [9.17, 15) is 4.79 Å². The average molecular weight is 333 g/mol. The number of carbonyl (C=O) groups is 1. The highest BCUT2D eigenvalue weighted by Gasteiger charge is 2.30. The van der Waals surface area contributed by atoms with Crippen LogP contribution in [0.3, 0.4) is 0 Å². The zero-order valence-corrected chi connectivity index (χ0v) is 14.4. The lowest BCUT2D eigenvalue weighted by Crippen LogP contribution is -2.40. The maximum absolute atomic E-state index is 12.4. The molecule has 0 unspecified atom stereocenters. The highest BCUT2D eigenvalue weighted by atomic mass is 16.5. The van der Waals surface area contributed by atoms with E-state index in [0.29, 0.717) is 11.9 Å². The standard InChI is InChI=1S/C15H23N7O2/c1-5-12(13-8(2)19-24-10(13)4)17-15(23)16-9(3)14-18-20-21-22(14)11-6-7-11/h9,11-12H,5-7H2,1-4H3,(H2,16,17,23)/t9-,12+/m0/s1. The fourth-order valence-electron chi connectivity index (χ4n) is 2.89. The number of amides is 2. The zero-order valence-electron chi connectivity index (χ0n) is 14.4. The Morgan fingerprint density at radius 1 is 1.38 bits per heavy atom. The van der Waals surface area contributed by atoms with Crippen LogP contribution in [0.5, 0.6) is 0 Å². The first-order valence-corrected chi connectivity index (χ1v) is 8.28. The van der Waals surface area contributed by atoms with Crippen molar-refractivity contribution in [3.63, 3.8) is 0 Å². The largest absolute Gasteiger partial charge is 0.361 e. The SMILES string of the molecule is CC[C@@H](NC(=O)N[C@@H](C)c1nnnn1C1CC1)c1c(C)noc1C. The minimum absolute atomic E-state index is 0.150. The monoisotopic (exact) mass is 333 g/mol. The predicted molar refractivity (Wildman–Crippen MR) is 85.2 cm³/mol. The smallest absolute Gasteiger partial charge is 0.315 e. The number of aryl methyl sites for hydroxylation is 2. The normalized spacial score (nSPS) is 16.7. The predicted octanol–water partition coefficient (Wildman–Crippen LogP) is 2.12. The van der Waals surface area contributed by atoms with Crippen LogP contribution >= 0.6 is 0 Å². The van der Waals surface area contributed by atoms with Crippen molar-refractivity contribution >= 4 is 6.03 Å². The molecule has 2 amide bonds. The molecule has 1 saturated carbocycles. The summed E-state index contributed by atoms with van der Waals surface area (Å²) in [5, 5.41) is 21.6. The summed E-state index contributed by atoms with van der Waals surface area (Å²) in [7, 11) is 0. The number of rotatable bonds is 6. The van der Waals surface area contributed by atoms with E-state index in [4.69, 9.17) is 4.52 Å². The molecule has 0 radical (unpaired) electrons. The molecule has 0 aliphatic heterocycles. The number of nitrogens with zero attached hydrogens (tertiary/aromatic N) is 5. The molecule has 2 heterocycles. The fourth-order valence-corrected chi connectivity index (χ4v) is 2.89. The Hall–Kier alpha value is -2.45. The van der Waals surface area contributed by atoms with Gasteiger partial charge in [0.1, 0.15) is 5.76 Å². The molecule has 0 saturated heterocycles. The molecule has 1 aliphatic carbocycles. The molecule has 0 bridgehead atoms. The van der Waals surface area contributed by atoms with Crippen molar-refractivity contribution in [3.8, 4) is 0 Å². The van der Waals surface area contributed by atoms with Gasteiger partial charge >= 0.3 is 6.03 Å². The van der Waals surface area contributed by atoms with Gasteiger partial charge in [0.2, 0.25) is 0 Å². The van der Waals surface area contributed by atoms with Crippen LogP contribution < -0.4 is 10.6 Å². The second kappa shape index (κ2) is 6.58. The van der Waals surface area contributed by atoms with Crippen LogP contribution in [0.2, 0.25) is 0 Å². The Morgan fingerprint density at radius 3 is 2.71 bits per heavy atom. The molecule has 2 aromatic rings. The van der Waals surface area contributed by atoms with Crippen LogP contribution in [-0.2, 0) is 0 Å². The van der Waals surface area contributed by atoms with Gasteiger partial charge in [-0.05, 0) is 50.5 Å². The number of urea groups is 1. The zero-order chi connectivity index (χ0) is 17.3. The first kappa shape index (κ1) is 16.4. The molecule has 2 atom stereocenters. The number of tetrazole rings is 1. The Kier molecular flexibility index (Phi) is 4.50. The molecule has 24 heavy (non-hydrogen) atoms. The Balaban J connectivity index is 1.65. The maximum Gasteiger partial charge on any atom is 0.315 e. The number of hydrogen-bond acceptors (Lipinski definition) is 6. The second-order valence-corrected chi connectivity index (χ2v) is 6.25. The van der Waals surface area contributed by atoms with E-state index in [1.807, 2.05) is 27.7 Å². The third-order valence-electron chi connectivity index (χ3n) is 4.30. The third-order valence-corrected chi connectivity index (χ3v) is 4.30. The summed E-state index contributed by atoms with van der Waals surface area (Å²) in [5.74, 6) is 1.41. The van der Waals surface area contributed by atoms with Crippen molar-refractivity contribution in [2.75, 3.05) is 0 Å². The van der Waals surface area contributed by atoms with E-state index >= 15 is 0 Å². The number of hydrogen-bond donors (Lipinski definition) is 2. The topological polar surface area (TPSA) is 111 Å². The van der Waals surface area contributed by atoms with Gasteiger partial charge in [-0.25, -0.2) is 9.48 Å². The van der Waals surface area contributed by atoms with Gasteiger partial charge in [-0.2, -0.15) is 0 Å². The molecular formula is C15H23N7O2. The fraction of sp³-hybridized carbons (Fsp3) is 0.667. The molecule has 1 aliphatic rings. The molecule has 1 fully saturated rings. The van der Waals surface area contributed by atoms with Gasteiger partial charge < -0.3 is 15.2 Å². The number of nitrogens with one attached hydrogen (secondary N) is 2. The van der Waals surface area contributed by atoms with Gasteiger partial charge in [0, 0.05) is 5.56 Å². The van der Waals surface area contributed by atoms with Crippen LogP contribution in [-0.4, -0.2) is 31.4 Å². The van der Waals surface area contributed by atoms with Gasteiger partial charge in [0.25, 0.3) is 0 Å². The highest BCUT2D eigenvalue weighted by Crippen LogP contribution is 2.35. The van der Waals surface area contributed by atoms with Gasteiger partial charge in [-0.3, -0.25) is 0 Å². The van der Waals surface area contributed by atoms with Crippen molar-refractivity contribution in [1.82, 2.24) is 36.0 Å². The molecule has 2 N–H and O–H groups in total. The first-order chi connectivity index (χ1) is 11.5. The summed E-state index contributed by atoms with van der Waals surface area (Å²) < 4.78 is 7.00. The first-order valence-electron chi connectivity index (χ1n) is 8.28. The molecule has 0 spiro atoms. The molecule has 2 aromatic heterocycles. The summed E-state index contributed by atoms with van der Waals surface area (Å²) in [6.45, 7) is 7.61. The third kappa shape index (κ3) is 3.24. The minimum atomic E-state index is -0.275. The summed E-state index contributed by atoms with van der Waals surface area (Å²) in [6.07, 6.45) is 2.91. The van der Waals surface area contributed by atoms with E-state index in [1.165, 1.54) is 0 Å². The molecule has 9 nitrogen and oxygen atoms in total. The lowest BCUT2D eigenvalue weighted by molar-refractivity contribution is 0.232. The van der Waals surface area contributed by atoms with Crippen LogP contribution in [0.25, 0.3) is 0 Å². The van der Waals surface area contributed by atoms with Crippen LogP contribution in [0.4, 0.5) is 4.79 Å². The van der Waals surface area contributed by atoms with Crippen molar-refractivity contribution in [2.24, 2.45) is 0 Å². The van der Waals surface area contributed by atoms with Crippen LogP contribution in [0, 0.1) is 13.8 Å². The van der Waals surface area contributed by atoms with Crippen molar-refractivity contribution in [2.45, 2.75) is 65.1 Å². The average Bonchev–Trinajstić information content (AvgIpc) is 3.18. The van der Waals surface area contributed by atoms with Crippen LogP contribution in [0.15, 0.2) is 4.52 Å². The number of carbonyl (C=O) groups excluding carboxylic acids is 1. The van der Waals surface area contributed by atoms with Crippen molar-refractivity contribution in [3.05, 3.63) is 22.8 Å². The summed E-state index contributed by atoms with van der Waals surface area (Å²) >= 11 is 0. The Bertz CT molecular complexity index is 700. The van der Waals surface area contributed by atoms with E-state index < -0.39 is 0 Å². The Labute approximate surface area is 140 Å². The van der Waals surface area contributed by atoms with E-state index in [2.05, 4.69) is 31.3 Å². The summed E-state index contributed by atoms with van der Waals surface area (Å²) in [6, 6.07) is -0.321. The molecule has 0 aromatic carbocycles. The van der Waals surface area contributed by atoms with Gasteiger partial charge in [0.15, 0.2) is 5.82 Å². The molecular weight excluding hydrogens is 310 g/mol. The van der Waals surface area contributed by atoms with E-state index in [-0.39, 0.29) is 18.1 Å². The molecule has 9 heteroatoms. The number of aromatic nitrogens is 5.